The molecule has 112 valence electrons. The van der Waals surface area contributed by atoms with Gasteiger partial charge in [-0.15, -0.1) is 0 Å². The molecule has 1 saturated carbocycles. The van der Waals surface area contributed by atoms with Gasteiger partial charge in [0, 0.05) is 6.20 Å². The number of halogens is 1. The van der Waals surface area contributed by atoms with E-state index in [2.05, 4.69) is 15.9 Å². The zero-order valence-electron chi connectivity index (χ0n) is 11.6. The quantitative estimate of drug-likeness (QED) is 0.752. The monoisotopic (exact) mass is 369 g/mol. The number of hydrogen-bond acceptors (Lipinski definition) is 3. The van der Waals surface area contributed by atoms with Crippen LogP contribution in [-0.2, 0) is 14.8 Å². The first-order valence-electron chi connectivity index (χ1n) is 6.87. The summed E-state index contributed by atoms with van der Waals surface area (Å²) in [6.07, 6.45) is 4.62. The Morgan fingerprint density at radius 2 is 1.86 bits per heavy atom. The smallest absolute Gasteiger partial charge is 0.264 e. The molecule has 0 amide bonds. The minimum absolute atomic E-state index is 0.0732. The fourth-order valence-corrected chi connectivity index (χ4v) is 5.04. The second-order valence-electron chi connectivity index (χ2n) is 5.53. The minimum Gasteiger partial charge on any atom is -0.298 e. The Hall–Kier alpha value is -1.14. The van der Waals surface area contributed by atoms with Gasteiger partial charge in [0.05, 0.1) is 21.7 Å². The largest absolute Gasteiger partial charge is 0.298 e. The molecule has 21 heavy (non-hydrogen) atoms. The van der Waals surface area contributed by atoms with Gasteiger partial charge >= 0.3 is 0 Å². The molecule has 1 aromatic carbocycles. The molecule has 1 fully saturated rings. The van der Waals surface area contributed by atoms with E-state index in [1.165, 1.54) is 4.31 Å². The zero-order valence-corrected chi connectivity index (χ0v) is 14.0. The summed E-state index contributed by atoms with van der Waals surface area (Å²) in [5.41, 5.74) is 1.01. The van der Waals surface area contributed by atoms with E-state index < -0.39 is 10.0 Å². The molecule has 0 unspecified atom stereocenters. The van der Waals surface area contributed by atoms with Crippen molar-refractivity contribution in [1.29, 1.82) is 0 Å². The third-order valence-corrected chi connectivity index (χ3v) is 6.86. The predicted molar refractivity (Wildman–Crippen MR) is 83.6 cm³/mol. The van der Waals surface area contributed by atoms with Gasteiger partial charge in [-0.3, -0.25) is 9.10 Å². The van der Waals surface area contributed by atoms with Crippen molar-refractivity contribution in [2.75, 3.05) is 0 Å². The van der Waals surface area contributed by atoms with Crippen molar-refractivity contribution in [1.82, 2.24) is 4.31 Å². The fraction of sp³-hybridized carbons (Fsp3) is 0.400. The molecule has 0 radical (unpaired) electrons. The first-order valence-corrected chi connectivity index (χ1v) is 9.23. The first kappa shape index (κ1) is 14.8. The van der Waals surface area contributed by atoms with Gasteiger partial charge in [-0.1, -0.05) is 39.7 Å². The van der Waals surface area contributed by atoms with Crippen molar-refractivity contribution < 1.29 is 13.2 Å². The second kappa shape index (κ2) is 5.25. The molecule has 0 aromatic heterocycles. The predicted octanol–water partition coefficient (Wildman–Crippen LogP) is 2.62. The summed E-state index contributed by atoms with van der Waals surface area (Å²) >= 11 is 3.36. The lowest BCUT2D eigenvalue weighted by atomic mass is 9.85. The number of carbonyl (C=O) groups excluding carboxylic acids is 1. The van der Waals surface area contributed by atoms with E-state index in [0.717, 1.165) is 5.56 Å². The molecule has 4 nitrogen and oxygen atoms in total. The number of ketones is 1. The van der Waals surface area contributed by atoms with E-state index in [0.29, 0.717) is 12.8 Å². The van der Waals surface area contributed by atoms with Crippen LogP contribution in [0.2, 0.25) is 0 Å². The van der Waals surface area contributed by atoms with E-state index in [-0.39, 0.29) is 27.5 Å². The van der Waals surface area contributed by atoms with Crippen LogP contribution in [0, 0.1) is 12.8 Å². The van der Waals surface area contributed by atoms with Crippen LogP contribution < -0.4 is 0 Å². The van der Waals surface area contributed by atoms with Crippen LogP contribution in [0.25, 0.3) is 0 Å². The maximum absolute atomic E-state index is 12.7. The summed E-state index contributed by atoms with van der Waals surface area (Å²) in [6, 6.07) is 6.51. The van der Waals surface area contributed by atoms with Gasteiger partial charge < -0.3 is 0 Å². The van der Waals surface area contributed by atoms with E-state index in [1.807, 2.05) is 6.92 Å². The van der Waals surface area contributed by atoms with Crippen LogP contribution in [-0.4, -0.2) is 29.4 Å². The van der Waals surface area contributed by atoms with Crippen LogP contribution >= 0.6 is 15.9 Å². The van der Waals surface area contributed by atoms with Crippen molar-refractivity contribution in [2.45, 2.75) is 35.5 Å². The highest BCUT2D eigenvalue weighted by Gasteiger charge is 2.44. The molecule has 6 heteroatoms. The van der Waals surface area contributed by atoms with Crippen LogP contribution in [0.3, 0.4) is 0 Å². The standard InChI is InChI=1S/C15H16BrNO3S/c1-10-2-4-11(5-3-10)21(19,20)17-9-8-12-14(17)7-6-13(16)15(12)18/h2-5,8-9,12-14H,6-7H2,1H3/t12-,13+,14-/m0/s1. The summed E-state index contributed by atoms with van der Waals surface area (Å²) in [5.74, 6) is -0.257. The lowest BCUT2D eigenvalue weighted by molar-refractivity contribution is -0.123. The van der Waals surface area contributed by atoms with Crippen LogP contribution in [0.15, 0.2) is 41.4 Å². The molecule has 1 aliphatic heterocycles. The number of nitrogens with zero attached hydrogens (tertiary/aromatic N) is 1. The van der Waals surface area contributed by atoms with Gasteiger partial charge in [-0.25, -0.2) is 8.42 Å². The third-order valence-electron chi connectivity index (χ3n) is 4.13. The Morgan fingerprint density at radius 1 is 1.19 bits per heavy atom. The van der Waals surface area contributed by atoms with Crippen molar-refractivity contribution in [3.63, 3.8) is 0 Å². The number of aryl methyl sites for hydroxylation is 1. The normalized spacial score (nSPS) is 28.8. The van der Waals surface area contributed by atoms with E-state index in [4.69, 9.17) is 0 Å². The number of fused-ring (bicyclic) bond motifs is 1. The molecule has 0 spiro atoms. The highest BCUT2D eigenvalue weighted by molar-refractivity contribution is 9.10. The Morgan fingerprint density at radius 3 is 2.52 bits per heavy atom. The van der Waals surface area contributed by atoms with Gasteiger partial charge in [0.1, 0.15) is 0 Å². The lowest BCUT2D eigenvalue weighted by Gasteiger charge is -2.33. The Kier molecular flexibility index (Phi) is 3.69. The Bertz CT molecular complexity index is 696. The molecule has 3 rings (SSSR count). The minimum atomic E-state index is -3.59. The SMILES string of the molecule is Cc1ccc(S(=O)(=O)N2C=C[C@@H]3C(=O)[C@H](Br)CC[C@@H]32)cc1. The number of carbonyl (C=O) groups is 1. The molecule has 0 N–H and O–H groups in total. The maximum atomic E-state index is 12.7. The van der Waals surface area contributed by atoms with Gasteiger partial charge in [-0.05, 0) is 31.9 Å². The number of hydrogen-bond donors (Lipinski definition) is 0. The second-order valence-corrected chi connectivity index (χ2v) is 8.48. The first-order chi connectivity index (χ1) is 9.91. The summed E-state index contributed by atoms with van der Waals surface area (Å²) in [7, 11) is -3.59. The maximum Gasteiger partial charge on any atom is 0.264 e. The van der Waals surface area contributed by atoms with Crippen molar-refractivity contribution >= 4 is 31.7 Å². The summed E-state index contributed by atoms with van der Waals surface area (Å²) < 4.78 is 26.8. The van der Waals surface area contributed by atoms with E-state index in [1.54, 1.807) is 36.5 Å². The number of alkyl halides is 1. The number of benzene rings is 1. The molecule has 1 aliphatic carbocycles. The van der Waals surface area contributed by atoms with Crippen LogP contribution in [0.1, 0.15) is 18.4 Å². The molecular weight excluding hydrogens is 354 g/mol. The topological polar surface area (TPSA) is 54.5 Å². The molecule has 1 aromatic rings. The van der Waals surface area contributed by atoms with Crippen LogP contribution in [0.4, 0.5) is 0 Å². The van der Waals surface area contributed by atoms with Crippen molar-refractivity contribution in [2.24, 2.45) is 5.92 Å². The highest BCUT2D eigenvalue weighted by Crippen LogP contribution is 2.37. The number of sulfonamides is 1. The van der Waals surface area contributed by atoms with Gasteiger partial charge in [0.2, 0.25) is 0 Å². The molecule has 2 aliphatic rings. The average Bonchev–Trinajstić information content (AvgIpc) is 2.89. The number of Topliss-reactive ketones (excluding diaryl/α,β-unsaturated/α-hetero) is 1. The van der Waals surface area contributed by atoms with Gasteiger partial charge in [0.25, 0.3) is 10.0 Å². The molecule has 0 bridgehead atoms. The molecular formula is C15H16BrNO3S. The summed E-state index contributed by atoms with van der Waals surface area (Å²) in [4.78, 5) is 12.2. The molecule has 1 heterocycles. The van der Waals surface area contributed by atoms with Gasteiger partial charge in [-0.2, -0.15) is 0 Å². The van der Waals surface area contributed by atoms with Gasteiger partial charge in [0.15, 0.2) is 5.78 Å². The highest BCUT2D eigenvalue weighted by atomic mass is 79.9. The van der Waals surface area contributed by atoms with Crippen LogP contribution in [0.5, 0.6) is 0 Å². The van der Waals surface area contributed by atoms with E-state index >= 15 is 0 Å². The number of rotatable bonds is 2. The molecule has 3 atom stereocenters. The average molecular weight is 370 g/mol. The third kappa shape index (κ3) is 2.44. The van der Waals surface area contributed by atoms with Crippen molar-refractivity contribution in [3.8, 4) is 0 Å². The molecule has 0 saturated heterocycles. The Labute approximate surface area is 133 Å². The summed E-state index contributed by atoms with van der Waals surface area (Å²) in [5, 5.41) is 0. The fourth-order valence-electron chi connectivity index (χ4n) is 2.92. The van der Waals surface area contributed by atoms with Crippen molar-refractivity contribution in [3.05, 3.63) is 42.1 Å². The summed E-state index contributed by atoms with van der Waals surface area (Å²) in [6.45, 7) is 1.91. The van der Waals surface area contributed by atoms with E-state index in [9.17, 15) is 13.2 Å². The zero-order chi connectivity index (χ0) is 15.2. The lowest BCUT2D eigenvalue weighted by Crippen LogP contribution is -2.44. The Balaban J connectivity index is 1.93.